The van der Waals surface area contributed by atoms with E-state index >= 15 is 0 Å². The molecule has 5 atom stereocenters. The highest BCUT2D eigenvalue weighted by Crippen LogP contribution is 2.31. The molecule has 2 saturated carbocycles. The number of nitrogens with two attached hydrogens (primary N) is 1. The van der Waals surface area contributed by atoms with Crippen LogP contribution in [-0.2, 0) is 4.79 Å². The fourth-order valence-electron chi connectivity index (χ4n) is 3.78. The van der Waals surface area contributed by atoms with Crippen molar-refractivity contribution in [2.45, 2.75) is 58.4 Å². The van der Waals surface area contributed by atoms with Gasteiger partial charge in [-0.15, -0.1) is 0 Å². The molecule has 0 heterocycles. The maximum atomic E-state index is 12.3. The van der Waals surface area contributed by atoms with Crippen molar-refractivity contribution in [2.75, 3.05) is 6.54 Å². The number of hydrogen-bond acceptors (Lipinski definition) is 2. The SMILES string of the molecule is CC1CCCC1CNC(=O)C1C(C)CCCC1N. The summed E-state index contributed by atoms with van der Waals surface area (Å²) in [5.74, 6) is 2.13. The van der Waals surface area contributed by atoms with Crippen LogP contribution in [0.3, 0.4) is 0 Å². The lowest BCUT2D eigenvalue weighted by Gasteiger charge is -2.33. The molecule has 3 N–H and O–H groups in total. The molecule has 0 spiro atoms. The van der Waals surface area contributed by atoms with Gasteiger partial charge in [0.05, 0.1) is 5.92 Å². The fourth-order valence-corrected chi connectivity index (χ4v) is 3.78. The topological polar surface area (TPSA) is 55.1 Å². The number of rotatable bonds is 3. The monoisotopic (exact) mass is 252 g/mol. The summed E-state index contributed by atoms with van der Waals surface area (Å²) in [6, 6.07) is 0.0646. The zero-order valence-corrected chi connectivity index (χ0v) is 11.8. The van der Waals surface area contributed by atoms with E-state index in [1.165, 1.54) is 25.7 Å². The van der Waals surface area contributed by atoms with Gasteiger partial charge in [-0.2, -0.15) is 0 Å². The highest BCUT2D eigenvalue weighted by molar-refractivity contribution is 5.79. The van der Waals surface area contributed by atoms with Crippen LogP contribution in [0, 0.1) is 23.7 Å². The molecule has 0 bridgehead atoms. The maximum absolute atomic E-state index is 12.3. The Morgan fingerprint density at radius 1 is 1.11 bits per heavy atom. The third-order valence-corrected chi connectivity index (χ3v) is 5.15. The van der Waals surface area contributed by atoms with Gasteiger partial charge in [-0.3, -0.25) is 4.79 Å². The summed E-state index contributed by atoms with van der Waals surface area (Å²) in [5, 5.41) is 3.17. The molecule has 0 aliphatic heterocycles. The lowest BCUT2D eigenvalue weighted by Crippen LogP contribution is -2.48. The van der Waals surface area contributed by atoms with Gasteiger partial charge < -0.3 is 11.1 Å². The molecule has 2 aliphatic carbocycles. The molecule has 1 amide bonds. The Hall–Kier alpha value is -0.570. The number of nitrogens with one attached hydrogen (secondary N) is 1. The smallest absolute Gasteiger partial charge is 0.224 e. The molecular formula is C15H28N2O. The molecule has 2 rings (SSSR count). The van der Waals surface area contributed by atoms with Crippen LogP contribution in [0.1, 0.15) is 52.4 Å². The quantitative estimate of drug-likeness (QED) is 0.810. The predicted molar refractivity (Wildman–Crippen MR) is 74.0 cm³/mol. The second-order valence-electron chi connectivity index (χ2n) is 6.51. The van der Waals surface area contributed by atoms with E-state index in [0.29, 0.717) is 11.8 Å². The summed E-state index contributed by atoms with van der Waals surface area (Å²) >= 11 is 0. The van der Waals surface area contributed by atoms with Crippen LogP contribution in [0.5, 0.6) is 0 Å². The highest BCUT2D eigenvalue weighted by Gasteiger charge is 2.34. The maximum Gasteiger partial charge on any atom is 0.224 e. The highest BCUT2D eigenvalue weighted by atomic mass is 16.1. The van der Waals surface area contributed by atoms with Gasteiger partial charge in [-0.05, 0) is 37.0 Å². The lowest BCUT2D eigenvalue weighted by atomic mass is 9.76. The molecule has 5 unspecified atom stereocenters. The van der Waals surface area contributed by atoms with Crippen LogP contribution in [-0.4, -0.2) is 18.5 Å². The van der Waals surface area contributed by atoms with Gasteiger partial charge in [0.2, 0.25) is 5.91 Å². The second-order valence-corrected chi connectivity index (χ2v) is 6.51. The van der Waals surface area contributed by atoms with Gasteiger partial charge in [-0.1, -0.05) is 33.1 Å². The van der Waals surface area contributed by atoms with E-state index in [0.717, 1.165) is 25.3 Å². The van der Waals surface area contributed by atoms with E-state index in [-0.39, 0.29) is 17.9 Å². The molecule has 18 heavy (non-hydrogen) atoms. The van der Waals surface area contributed by atoms with Gasteiger partial charge >= 0.3 is 0 Å². The molecule has 3 heteroatoms. The molecule has 0 radical (unpaired) electrons. The first-order valence-corrected chi connectivity index (χ1v) is 7.63. The van der Waals surface area contributed by atoms with Gasteiger partial charge in [0, 0.05) is 12.6 Å². The standard InChI is InChI=1S/C15H28N2O/c1-10-5-3-7-12(10)9-17-15(18)14-11(2)6-4-8-13(14)16/h10-14H,3-9,16H2,1-2H3,(H,17,18). The number of amides is 1. The van der Waals surface area contributed by atoms with E-state index < -0.39 is 0 Å². The van der Waals surface area contributed by atoms with Crippen molar-refractivity contribution in [3.63, 3.8) is 0 Å². The van der Waals surface area contributed by atoms with Crippen molar-refractivity contribution in [3.05, 3.63) is 0 Å². The molecule has 0 aromatic rings. The molecule has 3 nitrogen and oxygen atoms in total. The Kier molecular flexibility index (Phi) is 4.66. The molecule has 2 fully saturated rings. The average molecular weight is 252 g/mol. The first-order valence-electron chi connectivity index (χ1n) is 7.63. The predicted octanol–water partition coefficient (Wildman–Crippen LogP) is 2.30. The normalized spacial score (nSPS) is 40.7. The van der Waals surface area contributed by atoms with Crippen LogP contribution in [0.2, 0.25) is 0 Å². The minimum Gasteiger partial charge on any atom is -0.356 e. The van der Waals surface area contributed by atoms with E-state index in [1.54, 1.807) is 0 Å². The van der Waals surface area contributed by atoms with Crippen molar-refractivity contribution in [1.82, 2.24) is 5.32 Å². The van der Waals surface area contributed by atoms with E-state index in [9.17, 15) is 4.79 Å². The Labute approximate surface area is 111 Å². The first-order chi connectivity index (χ1) is 8.59. The molecular weight excluding hydrogens is 224 g/mol. The van der Waals surface area contributed by atoms with Crippen LogP contribution < -0.4 is 11.1 Å². The van der Waals surface area contributed by atoms with Crippen LogP contribution in [0.15, 0.2) is 0 Å². The van der Waals surface area contributed by atoms with Crippen molar-refractivity contribution >= 4 is 5.91 Å². The molecule has 2 aliphatic rings. The number of hydrogen-bond donors (Lipinski definition) is 2. The summed E-state index contributed by atoms with van der Waals surface area (Å²) < 4.78 is 0. The first kappa shape index (κ1) is 13.9. The molecule has 0 aromatic heterocycles. The zero-order valence-electron chi connectivity index (χ0n) is 11.8. The largest absolute Gasteiger partial charge is 0.356 e. The van der Waals surface area contributed by atoms with Gasteiger partial charge in [0.15, 0.2) is 0 Å². The van der Waals surface area contributed by atoms with E-state index in [4.69, 9.17) is 5.73 Å². The van der Waals surface area contributed by atoms with Gasteiger partial charge in [0.25, 0.3) is 0 Å². The third-order valence-electron chi connectivity index (χ3n) is 5.15. The summed E-state index contributed by atoms with van der Waals surface area (Å²) in [6.45, 7) is 5.33. The zero-order chi connectivity index (χ0) is 13.1. The molecule has 0 saturated heterocycles. The Balaban J connectivity index is 1.83. The number of carbonyl (C=O) groups is 1. The molecule has 104 valence electrons. The van der Waals surface area contributed by atoms with E-state index in [1.807, 2.05) is 0 Å². The minimum atomic E-state index is 0.0375. The summed E-state index contributed by atoms with van der Waals surface area (Å²) in [6.07, 6.45) is 7.23. The minimum absolute atomic E-state index is 0.0375. The van der Waals surface area contributed by atoms with Crippen molar-refractivity contribution < 1.29 is 4.79 Å². The molecule has 0 aromatic carbocycles. The Morgan fingerprint density at radius 2 is 1.78 bits per heavy atom. The summed E-state index contributed by atoms with van der Waals surface area (Å²) in [4.78, 5) is 12.3. The van der Waals surface area contributed by atoms with Gasteiger partial charge in [0.1, 0.15) is 0 Å². The van der Waals surface area contributed by atoms with Crippen LogP contribution in [0.4, 0.5) is 0 Å². The van der Waals surface area contributed by atoms with Crippen LogP contribution in [0.25, 0.3) is 0 Å². The summed E-state index contributed by atoms with van der Waals surface area (Å²) in [7, 11) is 0. The average Bonchev–Trinajstić information content (AvgIpc) is 2.72. The fraction of sp³-hybridized carbons (Fsp3) is 0.933. The Bertz CT molecular complexity index is 282. The van der Waals surface area contributed by atoms with E-state index in [2.05, 4.69) is 19.2 Å². The number of carbonyl (C=O) groups excluding carboxylic acids is 1. The van der Waals surface area contributed by atoms with Crippen molar-refractivity contribution in [1.29, 1.82) is 0 Å². The van der Waals surface area contributed by atoms with Crippen molar-refractivity contribution in [3.8, 4) is 0 Å². The Morgan fingerprint density at radius 3 is 2.39 bits per heavy atom. The van der Waals surface area contributed by atoms with Gasteiger partial charge in [-0.25, -0.2) is 0 Å². The van der Waals surface area contributed by atoms with Crippen LogP contribution >= 0.6 is 0 Å². The van der Waals surface area contributed by atoms with Crippen molar-refractivity contribution in [2.24, 2.45) is 29.4 Å². The summed E-state index contributed by atoms with van der Waals surface area (Å²) in [5.41, 5.74) is 6.12. The third kappa shape index (κ3) is 3.05. The lowest BCUT2D eigenvalue weighted by molar-refractivity contribution is -0.128. The second kappa shape index (κ2) is 6.05.